The minimum Gasteiger partial charge on any atom is -0.431 e. The second kappa shape index (κ2) is 2.19. The first-order valence-corrected chi connectivity index (χ1v) is 2.75. The van der Waals surface area contributed by atoms with Gasteiger partial charge in [0.15, 0.2) is 0 Å². The van der Waals surface area contributed by atoms with E-state index >= 15 is 0 Å². The summed E-state index contributed by atoms with van der Waals surface area (Å²) in [6.07, 6.45) is 1.61. The molecule has 0 aromatic rings. The zero-order chi connectivity index (χ0) is 6.85. The second-order valence-corrected chi connectivity index (χ2v) is 1.99. The van der Waals surface area contributed by atoms with Gasteiger partial charge in [0.05, 0.1) is 6.61 Å². The number of carbonyl (C=O) groups excluding carboxylic acids is 1. The van der Waals surface area contributed by atoms with E-state index in [1.807, 2.05) is 0 Å². The molecule has 1 aliphatic rings. The van der Waals surface area contributed by atoms with Crippen molar-refractivity contribution in [3.05, 3.63) is 11.8 Å². The summed E-state index contributed by atoms with van der Waals surface area (Å²) in [6.45, 7) is 1.53. The topological polar surface area (TPSA) is 46.5 Å². The molecule has 50 valence electrons. The molecule has 0 saturated heterocycles. The maximum atomic E-state index is 10.6. The van der Waals surface area contributed by atoms with Crippen LogP contribution < -0.4 is 0 Å². The third-order valence-corrected chi connectivity index (χ3v) is 1.20. The Labute approximate surface area is 52.9 Å². The van der Waals surface area contributed by atoms with Gasteiger partial charge in [0.2, 0.25) is 0 Å². The van der Waals surface area contributed by atoms with Crippen LogP contribution in [0.5, 0.6) is 0 Å². The highest BCUT2D eigenvalue weighted by Gasteiger charge is 2.23. The van der Waals surface area contributed by atoms with Crippen LogP contribution in [0.15, 0.2) is 11.8 Å². The Morgan fingerprint density at radius 2 is 2.56 bits per heavy atom. The van der Waals surface area contributed by atoms with Crippen LogP contribution in [-0.2, 0) is 9.53 Å². The van der Waals surface area contributed by atoms with E-state index in [4.69, 9.17) is 5.11 Å². The number of ether oxygens (including phenoxy) is 1. The third-order valence-electron chi connectivity index (χ3n) is 1.20. The van der Waals surface area contributed by atoms with Gasteiger partial charge < -0.3 is 9.84 Å². The van der Waals surface area contributed by atoms with Gasteiger partial charge in [-0.3, -0.25) is 4.79 Å². The first kappa shape index (κ1) is 6.29. The molecule has 1 aliphatic heterocycles. The minimum atomic E-state index is -0.426. The lowest BCUT2D eigenvalue weighted by atomic mass is 10.2. The van der Waals surface area contributed by atoms with E-state index in [0.717, 1.165) is 0 Å². The van der Waals surface area contributed by atoms with E-state index < -0.39 is 5.92 Å². The lowest BCUT2D eigenvalue weighted by Crippen LogP contribution is -2.11. The summed E-state index contributed by atoms with van der Waals surface area (Å²) >= 11 is 0. The van der Waals surface area contributed by atoms with Crippen molar-refractivity contribution in [2.24, 2.45) is 5.92 Å². The number of esters is 1. The Morgan fingerprint density at radius 1 is 1.89 bits per heavy atom. The molecule has 0 bridgehead atoms. The van der Waals surface area contributed by atoms with Gasteiger partial charge in [0.25, 0.3) is 0 Å². The van der Waals surface area contributed by atoms with Crippen LogP contribution >= 0.6 is 0 Å². The van der Waals surface area contributed by atoms with Gasteiger partial charge in [0.1, 0.15) is 11.7 Å². The van der Waals surface area contributed by atoms with Crippen molar-refractivity contribution in [3.8, 4) is 0 Å². The summed E-state index contributed by atoms with van der Waals surface area (Å²) in [7, 11) is 0. The number of carbonyl (C=O) groups is 1. The van der Waals surface area contributed by atoms with Crippen molar-refractivity contribution in [1.29, 1.82) is 0 Å². The highest BCUT2D eigenvalue weighted by molar-refractivity contribution is 5.78. The molecule has 0 aromatic heterocycles. The maximum absolute atomic E-state index is 10.6. The standard InChI is InChI=1S/C6H8O3/c1-4-2-5(3-7)6(8)9-4/h2,5,7H,3H2,1H3. The van der Waals surface area contributed by atoms with E-state index in [1.54, 1.807) is 13.0 Å². The van der Waals surface area contributed by atoms with Crippen LogP contribution in [0.2, 0.25) is 0 Å². The first-order chi connectivity index (χ1) is 4.24. The van der Waals surface area contributed by atoms with Crippen LogP contribution in [-0.4, -0.2) is 17.7 Å². The zero-order valence-corrected chi connectivity index (χ0v) is 5.13. The summed E-state index contributed by atoms with van der Waals surface area (Å²) in [5, 5.41) is 8.51. The quantitative estimate of drug-likeness (QED) is 0.508. The number of cyclic esters (lactones) is 1. The van der Waals surface area contributed by atoms with Gasteiger partial charge in [-0.15, -0.1) is 0 Å². The SMILES string of the molecule is CC1=CC(CO)C(=O)O1. The number of allylic oxidation sites excluding steroid dienone is 1. The highest BCUT2D eigenvalue weighted by Crippen LogP contribution is 2.15. The molecule has 0 amide bonds. The van der Waals surface area contributed by atoms with Crippen molar-refractivity contribution < 1.29 is 14.6 Å². The number of aliphatic hydroxyl groups excluding tert-OH is 1. The minimum absolute atomic E-state index is 0.157. The fraction of sp³-hybridized carbons (Fsp3) is 0.500. The van der Waals surface area contributed by atoms with Crippen LogP contribution in [0.4, 0.5) is 0 Å². The Bertz CT molecular complexity index is 160. The van der Waals surface area contributed by atoms with Crippen molar-refractivity contribution in [1.82, 2.24) is 0 Å². The van der Waals surface area contributed by atoms with Gasteiger partial charge in [-0.2, -0.15) is 0 Å². The molecule has 9 heavy (non-hydrogen) atoms. The van der Waals surface area contributed by atoms with Gasteiger partial charge in [0, 0.05) is 0 Å². The maximum Gasteiger partial charge on any atom is 0.320 e. The number of hydrogen-bond donors (Lipinski definition) is 1. The molecule has 1 unspecified atom stereocenters. The molecule has 1 atom stereocenters. The van der Waals surface area contributed by atoms with E-state index in [0.29, 0.717) is 5.76 Å². The fourth-order valence-electron chi connectivity index (χ4n) is 0.747. The molecule has 0 aliphatic carbocycles. The fourth-order valence-corrected chi connectivity index (χ4v) is 0.747. The molecule has 1 N–H and O–H groups in total. The monoisotopic (exact) mass is 128 g/mol. The summed E-state index contributed by atoms with van der Waals surface area (Å²) in [5.74, 6) is -0.195. The molecular formula is C6H8O3. The molecule has 0 radical (unpaired) electrons. The van der Waals surface area contributed by atoms with Crippen molar-refractivity contribution in [3.63, 3.8) is 0 Å². The van der Waals surface area contributed by atoms with E-state index in [1.165, 1.54) is 0 Å². The Kier molecular flexibility index (Phi) is 1.53. The van der Waals surface area contributed by atoms with Crippen molar-refractivity contribution >= 4 is 5.97 Å². The third kappa shape index (κ3) is 1.10. The molecule has 1 rings (SSSR count). The number of rotatable bonds is 1. The zero-order valence-electron chi connectivity index (χ0n) is 5.13. The predicted molar refractivity (Wildman–Crippen MR) is 30.4 cm³/mol. The van der Waals surface area contributed by atoms with Gasteiger partial charge in [-0.05, 0) is 13.0 Å². The normalized spacial score (nSPS) is 25.8. The molecule has 0 spiro atoms. The second-order valence-electron chi connectivity index (χ2n) is 1.99. The van der Waals surface area contributed by atoms with E-state index in [2.05, 4.69) is 4.74 Å². The lowest BCUT2D eigenvalue weighted by Gasteiger charge is -1.95. The molecule has 0 aromatic carbocycles. The van der Waals surface area contributed by atoms with Gasteiger partial charge in [-0.1, -0.05) is 0 Å². The number of aliphatic hydroxyl groups is 1. The summed E-state index contributed by atoms with van der Waals surface area (Å²) in [6, 6.07) is 0. The molecule has 0 saturated carbocycles. The average Bonchev–Trinajstić information content (AvgIpc) is 2.10. The van der Waals surface area contributed by atoms with E-state index in [-0.39, 0.29) is 12.6 Å². The van der Waals surface area contributed by atoms with Crippen molar-refractivity contribution in [2.75, 3.05) is 6.61 Å². The Morgan fingerprint density at radius 3 is 2.78 bits per heavy atom. The smallest absolute Gasteiger partial charge is 0.320 e. The van der Waals surface area contributed by atoms with Crippen LogP contribution in [0.1, 0.15) is 6.92 Å². The Balaban J connectivity index is 2.64. The van der Waals surface area contributed by atoms with Gasteiger partial charge in [-0.25, -0.2) is 0 Å². The molecule has 0 fully saturated rings. The van der Waals surface area contributed by atoms with Crippen LogP contribution in [0.25, 0.3) is 0 Å². The van der Waals surface area contributed by atoms with Crippen molar-refractivity contribution in [2.45, 2.75) is 6.92 Å². The van der Waals surface area contributed by atoms with Gasteiger partial charge >= 0.3 is 5.97 Å². The molecular weight excluding hydrogens is 120 g/mol. The average molecular weight is 128 g/mol. The number of hydrogen-bond acceptors (Lipinski definition) is 3. The van der Waals surface area contributed by atoms with E-state index in [9.17, 15) is 4.79 Å². The molecule has 3 heteroatoms. The largest absolute Gasteiger partial charge is 0.431 e. The summed E-state index contributed by atoms with van der Waals surface area (Å²) in [4.78, 5) is 10.6. The lowest BCUT2D eigenvalue weighted by molar-refractivity contribution is -0.140. The Hall–Kier alpha value is -0.830. The predicted octanol–water partition coefficient (Wildman–Crippen LogP) is 0.0555. The summed E-state index contributed by atoms with van der Waals surface area (Å²) in [5.41, 5.74) is 0. The first-order valence-electron chi connectivity index (χ1n) is 2.75. The summed E-state index contributed by atoms with van der Waals surface area (Å²) < 4.78 is 4.63. The van der Waals surface area contributed by atoms with Crippen LogP contribution in [0.3, 0.4) is 0 Å². The molecule has 1 heterocycles. The van der Waals surface area contributed by atoms with Crippen LogP contribution in [0, 0.1) is 5.92 Å². The highest BCUT2D eigenvalue weighted by atomic mass is 16.5. The molecule has 3 nitrogen and oxygen atoms in total.